The summed E-state index contributed by atoms with van der Waals surface area (Å²) in [5.74, 6) is 0.594. The number of halogens is 1. The normalized spacial score (nSPS) is 13.6. The van der Waals surface area contributed by atoms with Gasteiger partial charge in [0.15, 0.2) is 5.65 Å². The van der Waals surface area contributed by atoms with E-state index in [1.165, 1.54) is 0 Å². The van der Waals surface area contributed by atoms with E-state index in [0.29, 0.717) is 43.3 Å². The molecule has 0 saturated carbocycles. The lowest BCUT2D eigenvalue weighted by Crippen LogP contribution is -2.49. The number of carbonyl (C=O) groups excluding carboxylic acids is 1. The monoisotopic (exact) mass is 537 g/mol. The summed E-state index contributed by atoms with van der Waals surface area (Å²) in [6, 6.07) is 27.5. The first-order valence-corrected chi connectivity index (χ1v) is 13.3. The Morgan fingerprint density at radius 2 is 1.59 bits per heavy atom. The summed E-state index contributed by atoms with van der Waals surface area (Å²) in [7, 11) is 1.64. The topological polar surface area (TPSA) is 63.0 Å². The summed E-state index contributed by atoms with van der Waals surface area (Å²) >= 11 is 6.42. The molecule has 7 nitrogen and oxygen atoms in total. The molecule has 0 atom stereocenters. The first-order valence-electron chi connectivity index (χ1n) is 12.9. The van der Waals surface area contributed by atoms with Crippen LogP contribution < -0.4 is 9.64 Å². The van der Waals surface area contributed by atoms with E-state index in [9.17, 15) is 4.79 Å². The number of aromatic nitrogens is 3. The van der Waals surface area contributed by atoms with Crippen LogP contribution in [-0.2, 0) is 0 Å². The highest BCUT2D eigenvalue weighted by atomic mass is 35.5. The van der Waals surface area contributed by atoms with Crippen molar-refractivity contribution in [3.63, 3.8) is 0 Å². The Kier molecular flexibility index (Phi) is 6.67. The van der Waals surface area contributed by atoms with Crippen LogP contribution in [0.4, 0.5) is 5.69 Å². The van der Waals surface area contributed by atoms with Gasteiger partial charge in [0.25, 0.3) is 5.91 Å². The standard InChI is InChI=1S/C31H28ClN5O2/c1-21-29(22-10-4-3-5-11-22)30-33-25(20-27(37(30)34-21)23-12-6-9-15-28(23)39-2)31(38)36-18-16-35(17-19-36)26-14-8-7-13-24(26)32/h3-15,20H,16-19H2,1-2H3. The average Bonchev–Trinajstić information content (AvgIpc) is 3.32. The molecule has 0 spiro atoms. The van der Waals surface area contributed by atoms with Crippen molar-refractivity contribution < 1.29 is 9.53 Å². The number of methoxy groups -OCH3 is 1. The summed E-state index contributed by atoms with van der Waals surface area (Å²) in [5.41, 5.74) is 6.35. The zero-order valence-electron chi connectivity index (χ0n) is 21.8. The van der Waals surface area contributed by atoms with E-state index in [4.69, 9.17) is 26.4 Å². The molecule has 1 aliphatic rings. The number of piperazine rings is 1. The molecular formula is C31H28ClN5O2. The minimum absolute atomic E-state index is 0.106. The summed E-state index contributed by atoms with van der Waals surface area (Å²) in [5, 5.41) is 5.58. The van der Waals surface area contributed by atoms with Crippen LogP contribution in [0.5, 0.6) is 5.75 Å². The third kappa shape index (κ3) is 4.59. The Balaban J connectivity index is 1.42. The lowest BCUT2D eigenvalue weighted by Gasteiger charge is -2.36. The Morgan fingerprint density at radius 1 is 0.897 bits per heavy atom. The van der Waals surface area contributed by atoms with Gasteiger partial charge < -0.3 is 14.5 Å². The van der Waals surface area contributed by atoms with Crippen LogP contribution in [0.25, 0.3) is 28.0 Å². The third-order valence-electron chi connectivity index (χ3n) is 7.19. The summed E-state index contributed by atoms with van der Waals surface area (Å²) in [4.78, 5) is 22.9. The Labute approximate surface area is 232 Å². The number of benzene rings is 3. The van der Waals surface area contributed by atoms with Gasteiger partial charge in [-0.25, -0.2) is 9.50 Å². The first kappa shape index (κ1) is 24.9. The predicted molar refractivity (Wildman–Crippen MR) is 155 cm³/mol. The van der Waals surface area contributed by atoms with Gasteiger partial charge in [0.2, 0.25) is 0 Å². The van der Waals surface area contributed by atoms with Crippen LogP contribution in [0.3, 0.4) is 0 Å². The van der Waals surface area contributed by atoms with E-state index in [-0.39, 0.29) is 5.91 Å². The fourth-order valence-corrected chi connectivity index (χ4v) is 5.50. The highest BCUT2D eigenvalue weighted by Crippen LogP contribution is 2.35. The number of anilines is 1. The second-order valence-electron chi connectivity index (χ2n) is 9.52. The lowest BCUT2D eigenvalue weighted by molar-refractivity contribution is 0.0741. The van der Waals surface area contributed by atoms with Crippen molar-refractivity contribution in [1.82, 2.24) is 19.5 Å². The summed E-state index contributed by atoms with van der Waals surface area (Å²) in [6.45, 7) is 4.50. The van der Waals surface area contributed by atoms with Crippen molar-refractivity contribution in [3.05, 3.63) is 101 Å². The number of nitrogens with zero attached hydrogens (tertiary/aromatic N) is 5. The van der Waals surface area contributed by atoms with Gasteiger partial charge in [-0.3, -0.25) is 4.79 Å². The van der Waals surface area contributed by atoms with Crippen LogP contribution in [0.1, 0.15) is 16.2 Å². The molecular weight excluding hydrogens is 510 g/mol. The molecule has 0 unspecified atom stereocenters. The van der Waals surface area contributed by atoms with E-state index in [1.807, 2.05) is 101 Å². The number of amides is 1. The number of fused-ring (bicyclic) bond motifs is 1. The molecule has 1 amide bonds. The van der Waals surface area contributed by atoms with Crippen LogP contribution >= 0.6 is 11.6 Å². The van der Waals surface area contributed by atoms with Gasteiger partial charge in [0, 0.05) is 37.3 Å². The van der Waals surface area contributed by atoms with Gasteiger partial charge in [-0.15, -0.1) is 0 Å². The van der Waals surface area contributed by atoms with E-state index >= 15 is 0 Å². The number of hydrogen-bond donors (Lipinski definition) is 0. The molecule has 0 aliphatic carbocycles. The van der Waals surface area contributed by atoms with Crippen LogP contribution in [0.2, 0.25) is 5.02 Å². The molecule has 0 bridgehead atoms. The highest BCUT2D eigenvalue weighted by Gasteiger charge is 2.27. The largest absolute Gasteiger partial charge is 0.496 e. The SMILES string of the molecule is COc1ccccc1-c1cc(C(=O)N2CCN(c3ccccc3Cl)CC2)nc2c(-c3ccccc3)c(C)nn12. The predicted octanol–water partition coefficient (Wildman–Crippen LogP) is 6.00. The van der Waals surface area contributed by atoms with Crippen LogP contribution in [0.15, 0.2) is 84.9 Å². The molecule has 1 saturated heterocycles. The van der Waals surface area contributed by atoms with Crippen molar-refractivity contribution in [1.29, 1.82) is 0 Å². The average molecular weight is 538 g/mol. The summed E-state index contributed by atoms with van der Waals surface area (Å²) < 4.78 is 7.50. The molecule has 8 heteroatoms. The van der Waals surface area contributed by atoms with Crippen molar-refractivity contribution in [2.24, 2.45) is 0 Å². The molecule has 39 heavy (non-hydrogen) atoms. The molecule has 0 radical (unpaired) electrons. The van der Waals surface area contributed by atoms with Crippen molar-refractivity contribution in [2.75, 3.05) is 38.2 Å². The van der Waals surface area contributed by atoms with Crippen molar-refractivity contribution in [2.45, 2.75) is 6.92 Å². The van der Waals surface area contributed by atoms with Gasteiger partial charge in [-0.1, -0.05) is 66.2 Å². The van der Waals surface area contributed by atoms with Gasteiger partial charge in [0.05, 0.1) is 29.2 Å². The minimum Gasteiger partial charge on any atom is -0.496 e. The molecule has 5 aromatic rings. The second kappa shape index (κ2) is 10.4. The molecule has 3 heterocycles. The Morgan fingerprint density at radius 3 is 2.33 bits per heavy atom. The maximum atomic E-state index is 13.9. The molecule has 1 aliphatic heterocycles. The van der Waals surface area contributed by atoms with E-state index < -0.39 is 0 Å². The zero-order valence-corrected chi connectivity index (χ0v) is 22.6. The number of hydrogen-bond acceptors (Lipinski definition) is 5. The number of para-hydroxylation sites is 2. The first-order chi connectivity index (χ1) is 19.0. The summed E-state index contributed by atoms with van der Waals surface area (Å²) in [6.07, 6.45) is 0. The van der Waals surface area contributed by atoms with Gasteiger partial charge in [0.1, 0.15) is 11.4 Å². The minimum atomic E-state index is -0.106. The van der Waals surface area contributed by atoms with E-state index in [2.05, 4.69) is 4.90 Å². The van der Waals surface area contributed by atoms with E-state index in [1.54, 1.807) is 7.11 Å². The fourth-order valence-electron chi connectivity index (χ4n) is 5.24. The quantitative estimate of drug-likeness (QED) is 0.275. The molecule has 2 aromatic heterocycles. The van der Waals surface area contributed by atoms with Gasteiger partial charge in [-0.2, -0.15) is 5.10 Å². The molecule has 6 rings (SSSR count). The zero-order chi connectivity index (χ0) is 26.9. The maximum absolute atomic E-state index is 13.9. The fraction of sp³-hybridized carbons (Fsp3) is 0.194. The molecule has 0 N–H and O–H groups in total. The highest BCUT2D eigenvalue weighted by molar-refractivity contribution is 6.33. The third-order valence-corrected chi connectivity index (χ3v) is 7.51. The van der Waals surface area contributed by atoms with Gasteiger partial charge >= 0.3 is 0 Å². The van der Waals surface area contributed by atoms with Crippen molar-refractivity contribution in [3.8, 4) is 28.1 Å². The number of aryl methyl sites for hydroxylation is 1. The van der Waals surface area contributed by atoms with Gasteiger partial charge in [-0.05, 0) is 42.8 Å². The van der Waals surface area contributed by atoms with Crippen molar-refractivity contribution >= 4 is 28.8 Å². The number of ether oxygens (including phenoxy) is 1. The molecule has 3 aromatic carbocycles. The number of carbonyl (C=O) groups is 1. The van der Waals surface area contributed by atoms with Crippen LogP contribution in [-0.4, -0.2) is 58.7 Å². The smallest absolute Gasteiger partial charge is 0.272 e. The Hall–Kier alpha value is -4.36. The second-order valence-corrected chi connectivity index (χ2v) is 9.93. The lowest BCUT2D eigenvalue weighted by atomic mass is 10.1. The molecule has 1 fully saturated rings. The molecule has 196 valence electrons. The maximum Gasteiger partial charge on any atom is 0.272 e. The van der Waals surface area contributed by atoms with E-state index in [0.717, 1.165) is 38.8 Å². The van der Waals surface area contributed by atoms with Crippen LogP contribution in [0, 0.1) is 6.92 Å². The number of rotatable bonds is 5. The Bertz CT molecular complexity index is 1660.